The van der Waals surface area contributed by atoms with E-state index in [1.54, 1.807) is 17.1 Å². The Morgan fingerprint density at radius 2 is 1.79 bits per heavy atom. The van der Waals surface area contributed by atoms with E-state index in [4.69, 9.17) is 4.74 Å². The normalized spacial score (nSPS) is 10.6. The maximum absolute atomic E-state index is 12.7. The number of benzene rings is 2. The monoisotopic (exact) mass is 384 g/mol. The molecule has 0 saturated carbocycles. The van der Waals surface area contributed by atoms with Gasteiger partial charge in [-0.05, 0) is 67.9 Å². The zero-order valence-electron chi connectivity index (χ0n) is 16.2. The molecule has 29 heavy (non-hydrogen) atoms. The van der Waals surface area contributed by atoms with Crippen LogP contribution in [0.3, 0.4) is 0 Å². The van der Waals surface area contributed by atoms with Gasteiger partial charge in [-0.25, -0.2) is 9.67 Å². The van der Waals surface area contributed by atoms with Crippen LogP contribution in [0.1, 0.15) is 21.6 Å². The SMILES string of the molecule is Cc1cccc(Oc2ccc(NC(=O)c3cnn(-c4ccccn4)c3C)cc2)c1. The molecule has 6 nitrogen and oxygen atoms in total. The zero-order chi connectivity index (χ0) is 20.2. The summed E-state index contributed by atoms with van der Waals surface area (Å²) < 4.78 is 7.49. The minimum absolute atomic E-state index is 0.225. The molecule has 4 rings (SSSR count). The van der Waals surface area contributed by atoms with Gasteiger partial charge in [-0.2, -0.15) is 5.10 Å². The maximum Gasteiger partial charge on any atom is 0.259 e. The van der Waals surface area contributed by atoms with Gasteiger partial charge in [-0.1, -0.05) is 18.2 Å². The third kappa shape index (κ3) is 4.16. The first-order chi connectivity index (χ1) is 14.1. The summed E-state index contributed by atoms with van der Waals surface area (Å²) in [5, 5.41) is 7.19. The number of carbonyl (C=O) groups is 1. The molecule has 0 bridgehead atoms. The molecular formula is C23H20N4O2. The molecule has 0 saturated heterocycles. The van der Waals surface area contributed by atoms with Gasteiger partial charge in [-0.3, -0.25) is 4.79 Å². The molecule has 4 aromatic rings. The second kappa shape index (κ2) is 7.98. The van der Waals surface area contributed by atoms with E-state index in [1.165, 1.54) is 0 Å². The number of ether oxygens (including phenoxy) is 1. The lowest BCUT2D eigenvalue weighted by molar-refractivity contribution is 0.102. The molecule has 0 aliphatic heterocycles. The number of pyridine rings is 1. The van der Waals surface area contributed by atoms with E-state index in [0.29, 0.717) is 22.8 Å². The van der Waals surface area contributed by atoms with E-state index in [-0.39, 0.29) is 5.91 Å². The van der Waals surface area contributed by atoms with Gasteiger partial charge in [0.05, 0.1) is 17.5 Å². The molecule has 2 aromatic heterocycles. The summed E-state index contributed by atoms with van der Waals surface area (Å²) in [6.07, 6.45) is 3.24. The molecule has 144 valence electrons. The smallest absolute Gasteiger partial charge is 0.259 e. The van der Waals surface area contributed by atoms with Crippen LogP contribution in [0.4, 0.5) is 5.69 Å². The van der Waals surface area contributed by atoms with Gasteiger partial charge in [0.1, 0.15) is 11.5 Å². The standard InChI is InChI=1S/C23H20N4O2/c1-16-6-5-7-20(14-16)29-19-11-9-18(10-12-19)26-23(28)21-15-25-27(17(21)2)22-8-3-4-13-24-22/h3-15H,1-2H3,(H,26,28). The van der Waals surface area contributed by atoms with Gasteiger partial charge in [0, 0.05) is 11.9 Å². The van der Waals surface area contributed by atoms with Gasteiger partial charge in [0.15, 0.2) is 5.82 Å². The van der Waals surface area contributed by atoms with Gasteiger partial charge in [0.2, 0.25) is 0 Å². The quantitative estimate of drug-likeness (QED) is 0.530. The Kier molecular flexibility index (Phi) is 5.07. The van der Waals surface area contributed by atoms with Crippen LogP contribution in [0, 0.1) is 13.8 Å². The van der Waals surface area contributed by atoms with Crippen LogP contribution >= 0.6 is 0 Å². The first kappa shape index (κ1) is 18.4. The lowest BCUT2D eigenvalue weighted by atomic mass is 10.2. The Morgan fingerprint density at radius 3 is 2.52 bits per heavy atom. The number of aryl methyl sites for hydroxylation is 1. The molecular weight excluding hydrogens is 364 g/mol. The Labute approximate surface area is 168 Å². The van der Waals surface area contributed by atoms with E-state index in [0.717, 1.165) is 17.0 Å². The summed E-state index contributed by atoms with van der Waals surface area (Å²) in [6.45, 7) is 3.86. The van der Waals surface area contributed by atoms with Crippen molar-refractivity contribution in [3.8, 4) is 17.3 Å². The van der Waals surface area contributed by atoms with Crippen molar-refractivity contribution in [3.63, 3.8) is 0 Å². The Bertz CT molecular complexity index is 1140. The molecule has 2 aromatic carbocycles. The molecule has 0 unspecified atom stereocenters. The second-order valence-corrected chi connectivity index (χ2v) is 6.64. The summed E-state index contributed by atoms with van der Waals surface area (Å²) in [5.74, 6) is 1.92. The largest absolute Gasteiger partial charge is 0.457 e. The Hall–Kier alpha value is -3.93. The van der Waals surface area contributed by atoms with E-state index in [2.05, 4.69) is 15.4 Å². The van der Waals surface area contributed by atoms with Gasteiger partial charge >= 0.3 is 0 Å². The van der Waals surface area contributed by atoms with Crippen molar-refractivity contribution in [2.24, 2.45) is 0 Å². The topological polar surface area (TPSA) is 69.0 Å². The fraction of sp³-hybridized carbons (Fsp3) is 0.0870. The van der Waals surface area contributed by atoms with E-state index in [9.17, 15) is 4.79 Å². The third-order valence-corrected chi connectivity index (χ3v) is 4.46. The summed E-state index contributed by atoms with van der Waals surface area (Å²) in [5.41, 5.74) is 3.03. The van der Waals surface area contributed by atoms with Crippen LogP contribution in [0.2, 0.25) is 0 Å². The van der Waals surface area contributed by atoms with Crippen LogP contribution in [-0.4, -0.2) is 20.7 Å². The third-order valence-electron chi connectivity index (χ3n) is 4.46. The van der Waals surface area contributed by atoms with Crippen molar-refractivity contribution >= 4 is 11.6 Å². The number of aromatic nitrogens is 3. The minimum Gasteiger partial charge on any atom is -0.457 e. The number of rotatable bonds is 5. The minimum atomic E-state index is -0.225. The highest BCUT2D eigenvalue weighted by molar-refractivity contribution is 6.05. The highest BCUT2D eigenvalue weighted by Crippen LogP contribution is 2.24. The molecule has 0 aliphatic rings. The number of amides is 1. The summed E-state index contributed by atoms with van der Waals surface area (Å²) >= 11 is 0. The van der Waals surface area contributed by atoms with Gasteiger partial charge in [0.25, 0.3) is 5.91 Å². The highest BCUT2D eigenvalue weighted by atomic mass is 16.5. The van der Waals surface area contributed by atoms with Crippen molar-refractivity contribution < 1.29 is 9.53 Å². The number of hydrogen-bond acceptors (Lipinski definition) is 4. The molecule has 0 spiro atoms. The van der Waals surface area contributed by atoms with Crippen molar-refractivity contribution in [2.45, 2.75) is 13.8 Å². The fourth-order valence-electron chi connectivity index (χ4n) is 2.96. The lowest BCUT2D eigenvalue weighted by Gasteiger charge is -2.09. The van der Waals surface area contributed by atoms with Crippen molar-refractivity contribution in [1.82, 2.24) is 14.8 Å². The maximum atomic E-state index is 12.7. The summed E-state index contributed by atoms with van der Waals surface area (Å²) in [4.78, 5) is 16.9. The number of nitrogens with one attached hydrogen (secondary N) is 1. The van der Waals surface area contributed by atoms with Crippen LogP contribution in [-0.2, 0) is 0 Å². The van der Waals surface area contributed by atoms with Crippen LogP contribution < -0.4 is 10.1 Å². The van der Waals surface area contributed by atoms with E-state index < -0.39 is 0 Å². The highest BCUT2D eigenvalue weighted by Gasteiger charge is 2.15. The summed E-state index contributed by atoms with van der Waals surface area (Å²) in [6, 6.07) is 20.7. The summed E-state index contributed by atoms with van der Waals surface area (Å²) in [7, 11) is 0. The lowest BCUT2D eigenvalue weighted by Crippen LogP contribution is -2.13. The average Bonchev–Trinajstić information content (AvgIpc) is 3.12. The number of carbonyl (C=O) groups excluding carboxylic acids is 1. The first-order valence-electron chi connectivity index (χ1n) is 9.22. The Morgan fingerprint density at radius 1 is 0.966 bits per heavy atom. The molecule has 6 heteroatoms. The zero-order valence-corrected chi connectivity index (χ0v) is 16.2. The van der Waals surface area contributed by atoms with Crippen LogP contribution in [0.15, 0.2) is 79.1 Å². The van der Waals surface area contributed by atoms with Crippen LogP contribution in [0.25, 0.3) is 5.82 Å². The molecule has 0 radical (unpaired) electrons. The Balaban J connectivity index is 1.46. The fourth-order valence-corrected chi connectivity index (χ4v) is 2.96. The van der Waals surface area contributed by atoms with Crippen molar-refractivity contribution in [1.29, 1.82) is 0 Å². The second-order valence-electron chi connectivity index (χ2n) is 6.64. The first-order valence-corrected chi connectivity index (χ1v) is 9.22. The number of hydrogen-bond donors (Lipinski definition) is 1. The number of nitrogens with zero attached hydrogens (tertiary/aromatic N) is 3. The van der Waals surface area contributed by atoms with Crippen molar-refractivity contribution in [2.75, 3.05) is 5.32 Å². The van der Waals surface area contributed by atoms with Crippen LogP contribution in [0.5, 0.6) is 11.5 Å². The average molecular weight is 384 g/mol. The van der Waals surface area contributed by atoms with Crippen molar-refractivity contribution in [3.05, 3.63) is 95.9 Å². The molecule has 2 heterocycles. The molecule has 0 atom stereocenters. The predicted octanol–water partition coefficient (Wildman–Crippen LogP) is 4.93. The predicted molar refractivity (Wildman–Crippen MR) is 112 cm³/mol. The van der Waals surface area contributed by atoms with Gasteiger partial charge in [-0.15, -0.1) is 0 Å². The van der Waals surface area contributed by atoms with E-state index >= 15 is 0 Å². The van der Waals surface area contributed by atoms with Gasteiger partial charge < -0.3 is 10.1 Å². The molecule has 0 aliphatic carbocycles. The molecule has 1 amide bonds. The molecule has 1 N–H and O–H groups in total. The number of anilines is 1. The van der Waals surface area contributed by atoms with E-state index in [1.807, 2.05) is 80.6 Å². The molecule has 0 fully saturated rings.